The van der Waals surface area contributed by atoms with E-state index in [1.807, 2.05) is 13.8 Å². The van der Waals surface area contributed by atoms with Gasteiger partial charge in [0.25, 0.3) is 5.91 Å². The minimum absolute atomic E-state index is 0.176. The molecule has 21 heavy (non-hydrogen) atoms. The third-order valence-electron chi connectivity index (χ3n) is 3.63. The molecule has 0 fully saturated rings. The topological polar surface area (TPSA) is 58.6 Å². The van der Waals surface area contributed by atoms with E-state index in [0.717, 1.165) is 0 Å². The Morgan fingerprint density at radius 3 is 2.24 bits per heavy atom. The van der Waals surface area contributed by atoms with Gasteiger partial charge in [0, 0.05) is 6.54 Å². The molecule has 1 amide bonds. The fraction of sp³-hybridized carbons (Fsp3) is 0.562. The van der Waals surface area contributed by atoms with Gasteiger partial charge in [-0.2, -0.15) is 0 Å². The van der Waals surface area contributed by atoms with Crippen LogP contribution in [0.25, 0.3) is 0 Å². The molecular weight excluding hydrogens is 273 g/mol. The average molecular weight is 297 g/mol. The van der Waals surface area contributed by atoms with Gasteiger partial charge in [0.2, 0.25) is 0 Å². The molecule has 1 aromatic rings. The molecule has 0 atom stereocenters. The lowest BCUT2D eigenvalue weighted by Gasteiger charge is -2.29. The van der Waals surface area contributed by atoms with Crippen molar-refractivity contribution >= 4 is 5.91 Å². The molecule has 0 spiro atoms. The number of aliphatic hydroxyl groups is 1. The van der Waals surface area contributed by atoms with E-state index in [0.29, 0.717) is 18.6 Å². The number of carbonyl (C=O) groups excluding carboxylic acids is 1. The van der Waals surface area contributed by atoms with Crippen LogP contribution in [0.5, 0.6) is 5.75 Å². The molecule has 0 aromatic heterocycles. The summed E-state index contributed by atoms with van der Waals surface area (Å²) in [6, 6.07) is 5.49. The summed E-state index contributed by atoms with van der Waals surface area (Å²) in [4.78, 5) is 12.2. The molecule has 0 heterocycles. The molecule has 4 nitrogen and oxygen atoms in total. The molecule has 0 aliphatic carbocycles. The largest absolute Gasteiger partial charge is 0.478 e. The number of halogens is 1. The summed E-state index contributed by atoms with van der Waals surface area (Å²) in [5.41, 5.74) is -2.01. The highest BCUT2D eigenvalue weighted by molar-refractivity contribution is 5.84. The van der Waals surface area contributed by atoms with Crippen LogP contribution in [0.3, 0.4) is 0 Å². The molecule has 1 rings (SSSR count). The van der Waals surface area contributed by atoms with Crippen LogP contribution >= 0.6 is 0 Å². The molecule has 0 radical (unpaired) electrons. The van der Waals surface area contributed by atoms with Crippen molar-refractivity contribution in [2.45, 2.75) is 51.7 Å². The van der Waals surface area contributed by atoms with Crippen molar-refractivity contribution < 1.29 is 19.0 Å². The zero-order valence-corrected chi connectivity index (χ0v) is 13.1. The number of rotatable bonds is 7. The Morgan fingerprint density at radius 2 is 1.76 bits per heavy atom. The first kappa shape index (κ1) is 17.4. The van der Waals surface area contributed by atoms with Gasteiger partial charge in [-0.25, -0.2) is 4.39 Å². The summed E-state index contributed by atoms with van der Waals surface area (Å²) in [6.07, 6.45) is 1.12. The first-order chi connectivity index (χ1) is 9.72. The monoisotopic (exact) mass is 297 g/mol. The lowest BCUT2D eigenvalue weighted by Crippen LogP contribution is -2.51. The molecule has 2 N–H and O–H groups in total. The van der Waals surface area contributed by atoms with Crippen molar-refractivity contribution in [1.29, 1.82) is 0 Å². The van der Waals surface area contributed by atoms with Gasteiger partial charge in [0.15, 0.2) is 5.60 Å². The van der Waals surface area contributed by atoms with Crippen LogP contribution in [0.4, 0.5) is 4.39 Å². The van der Waals surface area contributed by atoms with E-state index in [4.69, 9.17) is 4.74 Å². The van der Waals surface area contributed by atoms with Gasteiger partial charge >= 0.3 is 0 Å². The summed E-state index contributed by atoms with van der Waals surface area (Å²) in [6.45, 7) is 7.17. The summed E-state index contributed by atoms with van der Waals surface area (Å²) >= 11 is 0. The molecule has 0 bridgehead atoms. The molecular formula is C16H24FNO3. The van der Waals surface area contributed by atoms with E-state index in [9.17, 15) is 14.3 Å². The number of hydrogen-bond acceptors (Lipinski definition) is 3. The Balaban J connectivity index is 2.64. The summed E-state index contributed by atoms with van der Waals surface area (Å²) in [5.74, 6) is -0.273. The van der Waals surface area contributed by atoms with Crippen molar-refractivity contribution in [3.63, 3.8) is 0 Å². The molecule has 5 heteroatoms. The van der Waals surface area contributed by atoms with Gasteiger partial charge in [-0.05, 0) is 51.0 Å². The van der Waals surface area contributed by atoms with Crippen LogP contribution in [0.2, 0.25) is 0 Å². The van der Waals surface area contributed by atoms with Gasteiger partial charge in [-0.15, -0.1) is 0 Å². The molecule has 0 saturated carbocycles. The lowest BCUT2D eigenvalue weighted by atomic mass is 9.97. The highest BCUT2D eigenvalue weighted by Crippen LogP contribution is 2.19. The number of nitrogens with one attached hydrogen (secondary N) is 1. The van der Waals surface area contributed by atoms with Crippen LogP contribution in [0.1, 0.15) is 40.5 Å². The molecule has 0 unspecified atom stereocenters. The fourth-order valence-corrected chi connectivity index (χ4v) is 1.80. The number of ether oxygens (including phenoxy) is 1. The lowest BCUT2D eigenvalue weighted by molar-refractivity contribution is -0.135. The Bertz CT molecular complexity index is 467. The number of carbonyl (C=O) groups is 1. The fourth-order valence-electron chi connectivity index (χ4n) is 1.80. The molecule has 118 valence electrons. The first-order valence-electron chi connectivity index (χ1n) is 7.17. The highest BCUT2D eigenvalue weighted by Gasteiger charge is 2.32. The van der Waals surface area contributed by atoms with E-state index in [-0.39, 0.29) is 18.3 Å². The van der Waals surface area contributed by atoms with Gasteiger partial charge in [-0.1, -0.05) is 13.8 Å². The standard InChI is InChI=1S/C16H24FNO3/c1-5-16(20,6-2)11-18-14(19)15(3,4)21-13-9-7-12(17)8-10-13/h7-10,20H,5-6,11H2,1-4H3,(H,18,19). The van der Waals surface area contributed by atoms with E-state index >= 15 is 0 Å². The second-order valence-electron chi connectivity index (χ2n) is 5.68. The van der Waals surface area contributed by atoms with Crippen molar-refractivity contribution in [2.24, 2.45) is 0 Å². The molecule has 1 aromatic carbocycles. The second kappa shape index (κ2) is 6.89. The molecule has 0 saturated heterocycles. The minimum atomic E-state index is -1.11. The Hall–Kier alpha value is -1.62. The highest BCUT2D eigenvalue weighted by atomic mass is 19.1. The summed E-state index contributed by atoms with van der Waals surface area (Å²) in [7, 11) is 0. The Kier molecular flexibility index (Phi) is 5.72. The van der Waals surface area contributed by atoms with Gasteiger partial charge in [0.05, 0.1) is 5.60 Å². The van der Waals surface area contributed by atoms with E-state index in [1.54, 1.807) is 13.8 Å². The van der Waals surface area contributed by atoms with Gasteiger partial charge in [0.1, 0.15) is 11.6 Å². The zero-order valence-electron chi connectivity index (χ0n) is 13.1. The van der Waals surface area contributed by atoms with Crippen molar-refractivity contribution in [1.82, 2.24) is 5.32 Å². The predicted octanol–water partition coefficient (Wildman–Crippen LogP) is 2.65. The average Bonchev–Trinajstić information content (AvgIpc) is 2.46. The number of benzene rings is 1. The number of amides is 1. The van der Waals surface area contributed by atoms with Crippen molar-refractivity contribution in [3.05, 3.63) is 30.1 Å². The third-order valence-corrected chi connectivity index (χ3v) is 3.63. The number of hydrogen-bond donors (Lipinski definition) is 2. The van der Waals surface area contributed by atoms with Crippen LogP contribution in [-0.2, 0) is 4.79 Å². The molecule has 0 aliphatic heterocycles. The molecule has 0 aliphatic rings. The predicted molar refractivity (Wildman–Crippen MR) is 79.6 cm³/mol. The zero-order chi connectivity index (χ0) is 16.1. The third kappa shape index (κ3) is 5.01. The normalized spacial score (nSPS) is 12.1. The quantitative estimate of drug-likeness (QED) is 0.813. The first-order valence-corrected chi connectivity index (χ1v) is 7.17. The van der Waals surface area contributed by atoms with Crippen LogP contribution < -0.4 is 10.1 Å². The maximum atomic E-state index is 12.8. The smallest absolute Gasteiger partial charge is 0.263 e. The maximum Gasteiger partial charge on any atom is 0.263 e. The summed E-state index contributed by atoms with van der Waals surface area (Å²) < 4.78 is 18.4. The van der Waals surface area contributed by atoms with Crippen LogP contribution in [0.15, 0.2) is 24.3 Å². The van der Waals surface area contributed by atoms with E-state index in [2.05, 4.69) is 5.32 Å². The minimum Gasteiger partial charge on any atom is -0.478 e. The van der Waals surface area contributed by atoms with Crippen LogP contribution in [0, 0.1) is 5.82 Å². The maximum absolute atomic E-state index is 12.8. The Morgan fingerprint density at radius 1 is 1.24 bits per heavy atom. The second-order valence-corrected chi connectivity index (χ2v) is 5.68. The van der Waals surface area contributed by atoms with E-state index in [1.165, 1.54) is 24.3 Å². The SMILES string of the molecule is CCC(O)(CC)CNC(=O)C(C)(C)Oc1ccc(F)cc1. The Labute approximate surface area is 125 Å². The van der Waals surface area contributed by atoms with Crippen molar-refractivity contribution in [2.75, 3.05) is 6.54 Å². The van der Waals surface area contributed by atoms with E-state index < -0.39 is 11.2 Å². The van der Waals surface area contributed by atoms with Gasteiger partial charge < -0.3 is 15.2 Å². The van der Waals surface area contributed by atoms with Crippen LogP contribution in [-0.4, -0.2) is 28.8 Å². The van der Waals surface area contributed by atoms with Gasteiger partial charge in [-0.3, -0.25) is 4.79 Å². The van der Waals surface area contributed by atoms with Crippen molar-refractivity contribution in [3.8, 4) is 5.75 Å². The summed E-state index contributed by atoms with van der Waals surface area (Å²) in [5, 5.41) is 12.9.